The van der Waals surface area contributed by atoms with Crippen molar-refractivity contribution in [2.45, 2.75) is 6.42 Å². The van der Waals surface area contributed by atoms with Gasteiger partial charge in [-0.3, -0.25) is 10.1 Å². The average molecular weight is 435 g/mol. The van der Waals surface area contributed by atoms with E-state index in [4.69, 9.17) is 21.7 Å². The quantitative estimate of drug-likeness (QED) is 0.575. The Morgan fingerprint density at radius 1 is 1.27 bits per heavy atom. The third-order valence-corrected chi connectivity index (χ3v) is 4.90. The third kappa shape index (κ3) is 4.23. The Morgan fingerprint density at radius 2 is 2.08 bits per heavy atom. The normalized spacial score (nSPS) is 12.6. The number of nitrogens with one attached hydrogen (secondary N) is 1. The highest BCUT2D eigenvalue weighted by atomic mass is 79.9. The van der Waals surface area contributed by atoms with Crippen LogP contribution in [0, 0.1) is 0 Å². The molecule has 2 aromatic carbocycles. The van der Waals surface area contributed by atoms with Crippen LogP contribution in [-0.4, -0.2) is 37.9 Å². The van der Waals surface area contributed by atoms with Crippen LogP contribution < -0.4 is 15.0 Å². The molecule has 0 unspecified atom stereocenters. The highest BCUT2D eigenvalue weighted by Gasteiger charge is 2.24. The number of rotatable bonds is 5. The van der Waals surface area contributed by atoms with E-state index in [1.807, 2.05) is 29.2 Å². The zero-order valence-corrected chi connectivity index (χ0v) is 16.7. The van der Waals surface area contributed by atoms with Gasteiger partial charge >= 0.3 is 0 Å². The van der Waals surface area contributed by atoms with Gasteiger partial charge in [0.1, 0.15) is 12.4 Å². The first kappa shape index (κ1) is 18.8. The fraction of sp³-hybridized carbons (Fsp3) is 0.263. The second kappa shape index (κ2) is 8.62. The number of ether oxygens (including phenoxy) is 2. The molecule has 0 saturated heterocycles. The van der Waals surface area contributed by atoms with E-state index in [9.17, 15) is 4.79 Å². The molecule has 1 heterocycles. The average Bonchev–Trinajstić information content (AvgIpc) is 3.07. The fourth-order valence-electron chi connectivity index (χ4n) is 2.82. The van der Waals surface area contributed by atoms with Crippen LogP contribution in [0.1, 0.15) is 15.9 Å². The van der Waals surface area contributed by atoms with Crippen LogP contribution in [0.5, 0.6) is 5.75 Å². The van der Waals surface area contributed by atoms with Crippen LogP contribution in [0.25, 0.3) is 0 Å². The Morgan fingerprint density at radius 3 is 2.88 bits per heavy atom. The first-order chi connectivity index (χ1) is 12.6. The number of thiocarbonyl (C=S) groups is 1. The number of amides is 1. The number of halogens is 1. The van der Waals surface area contributed by atoms with Crippen molar-refractivity contribution in [1.29, 1.82) is 0 Å². The minimum atomic E-state index is -0.298. The first-order valence-corrected chi connectivity index (χ1v) is 9.42. The molecular weight excluding hydrogens is 416 g/mol. The maximum Gasteiger partial charge on any atom is 0.261 e. The summed E-state index contributed by atoms with van der Waals surface area (Å²) in [7, 11) is 1.60. The first-order valence-electron chi connectivity index (χ1n) is 8.22. The van der Waals surface area contributed by atoms with Crippen LogP contribution in [0.4, 0.5) is 5.69 Å². The Balaban J connectivity index is 1.74. The molecule has 5 nitrogen and oxygen atoms in total. The zero-order valence-electron chi connectivity index (χ0n) is 14.3. The number of carbonyl (C=O) groups excluding carboxylic acids is 1. The van der Waals surface area contributed by atoms with Crippen molar-refractivity contribution in [2.24, 2.45) is 0 Å². The summed E-state index contributed by atoms with van der Waals surface area (Å²) in [5.74, 6) is 0.195. The lowest BCUT2D eigenvalue weighted by atomic mass is 10.2. The Bertz CT molecular complexity index is 828. The van der Waals surface area contributed by atoms with E-state index in [0.717, 1.165) is 23.1 Å². The predicted molar refractivity (Wildman–Crippen MR) is 109 cm³/mol. The molecule has 0 bridgehead atoms. The smallest absolute Gasteiger partial charge is 0.261 e. The van der Waals surface area contributed by atoms with Gasteiger partial charge in [0, 0.05) is 23.8 Å². The molecular formula is C19H19BrN2O3S. The van der Waals surface area contributed by atoms with Gasteiger partial charge in [-0.2, -0.15) is 0 Å². The number of carbonyl (C=O) groups is 1. The summed E-state index contributed by atoms with van der Waals surface area (Å²) in [6, 6.07) is 13.4. The SMILES string of the molecule is COCCOc1ccc(Br)cc1C(=O)NC(=S)N1CCc2ccccc21. The highest BCUT2D eigenvalue weighted by Crippen LogP contribution is 2.28. The van der Waals surface area contributed by atoms with E-state index < -0.39 is 0 Å². The lowest BCUT2D eigenvalue weighted by Crippen LogP contribution is -2.42. The molecule has 1 N–H and O–H groups in total. The third-order valence-electron chi connectivity index (χ3n) is 4.08. The van der Waals surface area contributed by atoms with Gasteiger partial charge in [-0.1, -0.05) is 34.1 Å². The van der Waals surface area contributed by atoms with Gasteiger partial charge in [0.15, 0.2) is 5.11 Å². The van der Waals surface area contributed by atoms with Crippen molar-refractivity contribution >= 4 is 44.9 Å². The number of anilines is 1. The number of para-hydroxylation sites is 1. The Kier molecular flexibility index (Phi) is 6.24. The summed E-state index contributed by atoms with van der Waals surface area (Å²) in [6.45, 7) is 1.57. The van der Waals surface area contributed by atoms with Gasteiger partial charge in [0.2, 0.25) is 0 Å². The molecule has 0 aromatic heterocycles. The van der Waals surface area contributed by atoms with Gasteiger partial charge in [0.25, 0.3) is 5.91 Å². The number of benzene rings is 2. The van der Waals surface area contributed by atoms with Crippen molar-refractivity contribution in [2.75, 3.05) is 31.8 Å². The van der Waals surface area contributed by atoms with E-state index in [2.05, 4.69) is 27.3 Å². The summed E-state index contributed by atoms with van der Waals surface area (Å²) >= 11 is 8.87. The molecule has 1 amide bonds. The van der Waals surface area contributed by atoms with Gasteiger partial charge in [-0.15, -0.1) is 0 Å². The van der Waals surface area contributed by atoms with E-state index in [0.29, 0.717) is 29.6 Å². The number of methoxy groups -OCH3 is 1. The van der Waals surface area contributed by atoms with Gasteiger partial charge in [-0.25, -0.2) is 0 Å². The van der Waals surface area contributed by atoms with E-state index >= 15 is 0 Å². The molecule has 1 aliphatic heterocycles. The van der Waals surface area contributed by atoms with Crippen molar-refractivity contribution in [3.8, 4) is 5.75 Å². The molecule has 0 aliphatic carbocycles. The Hall–Kier alpha value is -1.96. The molecule has 2 aromatic rings. The minimum Gasteiger partial charge on any atom is -0.490 e. The maximum atomic E-state index is 12.8. The molecule has 0 saturated carbocycles. The van der Waals surface area contributed by atoms with Gasteiger partial charge in [-0.05, 0) is 48.5 Å². The molecule has 0 spiro atoms. The summed E-state index contributed by atoms with van der Waals surface area (Å²) in [6.07, 6.45) is 0.911. The standard InChI is InChI=1S/C19H19BrN2O3S/c1-24-10-11-25-17-7-6-14(20)12-15(17)18(23)21-19(26)22-9-8-13-4-2-3-5-16(13)22/h2-7,12H,8-11H2,1H3,(H,21,23,26). The Labute approximate surface area is 166 Å². The van der Waals surface area contributed by atoms with Crippen molar-refractivity contribution < 1.29 is 14.3 Å². The molecule has 26 heavy (non-hydrogen) atoms. The van der Waals surface area contributed by atoms with E-state index in [1.54, 1.807) is 19.2 Å². The van der Waals surface area contributed by atoms with Crippen LogP contribution in [0.15, 0.2) is 46.9 Å². The molecule has 136 valence electrons. The van der Waals surface area contributed by atoms with E-state index in [-0.39, 0.29) is 5.91 Å². The number of fused-ring (bicyclic) bond motifs is 1. The fourth-order valence-corrected chi connectivity index (χ4v) is 3.47. The predicted octanol–water partition coefficient (Wildman–Crippen LogP) is 3.55. The topological polar surface area (TPSA) is 50.8 Å². The molecule has 3 rings (SSSR count). The summed E-state index contributed by atoms with van der Waals surface area (Å²) in [4.78, 5) is 14.7. The zero-order chi connectivity index (χ0) is 18.5. The van der Waals surface area contributed by atoms with Crippen LogP contribution in [0.3, 0.4) is 0 Å². The van der Waals surface area contributed by atoms with Crippen LogP contribution >= 0.6 is 28.1 Å². The number of hydrogen-bond acceptors (Lipinski definition) is 4. The maximum absolute atomic E-state index is 12.8. The van der Waals surface area contributed by atoms with Gasteiger partial charge in [0.05, 0.1) is 12.2 Å². The summed E-state index contributed by atoms with van der Waals surface area (Å²) < 4.78 is 11.4. The number of hydrogen-bond donors (Lipinski definition) is 1. The number of nitrogens with zero attached hydrogens (tertiary/aromatic N) is 1. The van der Waals surface area contributed by atoms with E-state index in [1.165, 1.54) is 5.56 Å². The van der Waals surface area contributed by atoms with Crippen molar-refractivity contribution in [3.63, 3.8) is 0 Å². The minimum absolute atomic E-state index is 0.298. The van der Waals surface area contributed by atoms with Crippen molar-refractivity contribution in [1.82, 2.24) is 5.32 Å². The molecule has 1 aliphatic rings. The monoisotopic (exact) mass is 434 g/mol. The summed E-state index contributed by atoms with van der Waals surface area (Å²) in [5.41, 5.74) is 2.70. The lowest BCUT2D eigenvalue weighted by Gasteiger charge is -2.21. The largest absolute Gasteiger partial charge is 0.490 e. The second-order valence-electron chi connectivity index (χ2n) is 5.77. The van der Waals surface area contributed by atoms with Crippen molar-refractivity contribution in [3.05, 3.63) is 58.1 Å². The highest BCUT2D eigenvalue weighted by molar-refractivity contribution is 9.10. The lowest BCUT2D eigenvalue weighted by molar-refractivity contribution is 0.0969. The summed E-state index contributed by atoms with van der Waals surface area (Å²) in [5, 5.41) is 3.21. The van der Waals surface area contributed by atoms with Gasteiger partial charge < -0.3 is 14.4 Å². The molecule has 7 heteroatoms. The van der Waals surface area contributed by atoms with Crippen LogP contribution in [0.2, 0.25) is 0 Å². The second-order valence-corrected chi connectivity index (χ2v) is 7.07. The molecule has 0 atom stereocenters. The van der Waals surface area contributed by atoms with Crippen LogP contribution in [-0.2, 0) is 11.2 Å². The molecule has 0 fully saturated rings. The molecule has 0 radical (unpaired) electrons.